The Hall–Kier alpha value is -3.05. The van der Waals surface area contributed by atoms with Crippen LogP contribution in [-0.4, -0.2) is 31.6 Å². The maximum absolute atomic E-state index is 4.79. The van der Waals surface area contributed by atoms with Crippen LogP contribution in [0, 0.1) is 0 Å². The molecule has 0 saturated heterocycles. The average molecular weight is 341 g/mol. The molecule has 0 unspecified atom stereocenters. The standard InChI is InChI=1S/C21H19N5/c1-2-4-20-15(3-1)5-6-17(25-20)8-10-26-13-19-18(16-11-23-24-12-16)7-9-22-21(19)14-26/h1-7,9,11-12H,8,10,13-14H2,(H,23,24). The molecular formula is C21H19N5. The summed E-state index contributed by atoms with van der Waals surface area (Å²) >= 11 is 0. The van der Waals surface area contributed by atoms with Gasteiger partial charge in [-0.1, -0.05) is 24.3 Å². The van der Waals surface area contributed by atoms with E-state index in [1.54, 1.807) is 0 Å². The van der Waals surface area contributed by atoms with Crippen molar-refractivity contribution in [3.8, 4) is 11.1 Å². The molecule has 0 radical (unpaired) electrons. The predicted molar refractivity (Wildman–Crippen MR) is 101 cm³/mol. The average Bonchev–Trinajstić information content (AvgIpc) is 3.35. The predicted octanol–water partition coefficient (Wildman–Crippen LogP) is 3.58. The third kappa shape index (κ3) is 2.76. The molecule has 128 valence electrons. The van der Waals surface area contributed by atoms with Crippen molar-refractivity contribution in [3.63, 3.8) is 0 Å². The number of pyridine rings is 2. The molecule has 5 nitrogen and oxygen atoms in total. The second kappa shape index (κ2) is 6.35. The van der Waals surface area contributed by atoms with Crippen LogP contribution in [0.3, 0.4) is 0 Å². The van der Waals surface area contributed by atoms with Crippen molar-refractivity contribution in [2.24, 2.45) is 0 Å². The van der Waals surface area contributed by atoms with Gasteiger partial charge in [-0.3, -0.25) is 20.0 Å². The first-order chi connectivity index (χ1) is 12.9. The number of hydrogen-bond donors (Lipinski definition) is 1. The van der Waals surface area contributed by atoms with Gasteiger partial charge in [0.2, 0.25) is 0 Å². The fourth-order valence-corrected chi connectivity index (χ4v) is 3.69. The van der Waals surface area contributed by atoms with Gasteiger partial charge in [0.1, 0.15) is 0 Å². The molecule has 0 spiro atoms. The Labute approximate surface area is 151 Å². The monoisotopic (exact) mass is 341 g/mol. The van der Waals surface area contributed by atoms with E-state index in [9.17, 15) is 0 Å². The molecule has 0 bridgehead atoms. The van der Waals surface area contributed by atoms with Crippen molar-refractivity contribution in [3.05, 3.63) is 78.0 Å². The maximum Gasteiger partial charge on any atom is 0.0705 e. The Bertz CT molecular complexity index is 1060. The molecule has 5 heteroatoms. The summed E-state index contributed by atoms with van der Waals surface area (Å²) in [5.41, 5.74) is 7.06. The van der Waals surface area contributed by atoms with E-state index in [0.717, 1.165) is 42.8 Å². The van der Waals surface area contributed by atoms with E-state index >= 15 is 0 Å². The topological polar surface area (TPSA) is 57.7 Å². The van der Waals surface area contributed by atoms with Gasteiger partial charge in [0.05, 0.1) is 17.4 Å². The van der Waals surface area contributed by atoms with E-state index < -0.39 is 0 Å². The molecule has 26 heavy (non-hydrogen) atoms. The second-order valence-electron chi connectivity index (χ2n) is 6.73. The van der Waals surface area contributed by atoms with Crippen LogP contribution in [0.4, 0.5) is 0 Å². The lowest BCUT2D eigenvalue weighted by Gasteiger charge is -2.14. The van der Waals surface area contributed by atoms with Crippen molar-refractivity contribution in [2.45, 2.75) is 19.5 Å². The largest absolute Gasteiger partial charge is 0.293 e. The molecule has 1 aliphatic heterocycles. The van der Waals surface area contributed by atoms with Gasteiger partial charge in [-0.25, -0.2) is 0 Å². The van der Waals surface area contributed by atoms with Crippen molar-refractivity contribution in [1.29, 1.82) is 0 Å². The first kappa shape index (κ1) is 15.2. The lowest BCUT2D eigenvalue weighted by atomic mass is 10.0. The third-order valence-electron chi connectivity index (χ3n) is 5.05. The summed E-state index contributed by atoms with van der Waals surface area (Å²) in [6.07, 6.45) is 6.66. The van der Waals surface area contributed by atoms with E-state index in [-0.39, 0.29) is 0 Å². The number of benzene rings is 1. The SMILES string of the molecule is c1ccc2nc(CCN3Cc4nccc(-c5cn[nH]c5)c4C3)ccc2c1. The summed E-state index contributed by atoms with van der Waals surface area (Å²) in [7, 11) is 0. The Kier molecular flexibility index (Phi) is 3.72. The van der Waals surface area contributed by atoms with Crippen LogP contribution in [-0.2, 0) is 19.5 Å². The number of nitrogens with zero attached hydrogens (tertiary/aromatic N) is 4. The van der Waals surface area contributed by atoms with Crippen LogP contribution in [0.1, 0.15) is 17.0 Å². The van der Waals surface area contributed by atoms with E-state index in [2.05, 4.69) is 56.5 Å². The van der Waals surface area contributed by atoms with Gasteiger partial charge in [0.25, 0.3) is 0 Å². The van der Waals surface area contributed by atoms with Crippen LogP contribution in [0.5, 0.6) is 0 Å². The van der Waals surface area contributed by atoms with Gasteiger partial charge >= 0.3 is 0 Å². The second-order valence-corrected chi connectivity index (χ2v) is 6.73. The van der Waals surface area contributed by atoms with Crippen LogP contribution in [0.2, 0.25) is 0 Å². The fourth-order valence-electron chi connectivity index (χ4n) is 3.69. The van der Waals surface area contributed by atoms with E-state index in [1.165, 1.54) is 22.2 Å². The number of aromatic nitrogens is 4. The van der Waals surface area contributed by atoms with Crippen molar-refractivity contribution in [2.75, 3.05) is 6.54 Å². The highest BCUT2D eigenvalue weighted by molar-refractivity contribution is 5.78. The zero-order valence-corrected chi connectivity index (χ0v) is 14.4. The van der Waals surface area contributed by atoms with Crippen LogP contribution in [0.25, 0.3) is 22.0 Å². The van der Waals surface area contributed by atoms with E-state index in [0.29, 0.717) is 0 Å². The van der Waals surface area contributed by atoms with Crippen LogP contribution >= 0.6 is 0 Å². The number of nitrogens with one attached hydrogen (secondary N) is 1. The Morgan fingerprint density at radius 1 is 1.04 bits per heavy atom. The van der Waals surface area contributed by atoms with Crippen molar-refractivity contribution in [1.82, 2.24) is 25.1 Å². The minimum atomic E-state index is 0.897. The smallest absolute Gasteiger partial charge is 0.0705 e. The van der Waals surface area contributed by atoms with Gasteiger partial charge in [-0.05, 0) is 29.3 Å². The first-order valence-electron chi connectivity index (χ1n) is 8.90. The Morgan fingerprint density at radius 2 is 2.00 bits per heavy atom. The lowest BCUT2D eigenvalue weighted by Crippen LogP contribution is -2.20. The molecule has 1 aliphatic rings. The van der Waals surface area contributed by atoms with E-state index in [1.807, 2.05) is 24.7 Å². The van der Waals surface area contributed by atoms with Crippen LogP contribution in [0.15, 0.2) is 61.1 Å². The molecule has 0 saturated carbocycles. The van der Waals surface area contributed by atoms with Gasteiger partial charge in [-0.2, -0.15) is 5.10 Å². The summed E-state index contributed by atoms with van der Waals surface area (Å²) < 4.78 is 0. The first-order valence-corrected chi connectivity index (χ1v) is 8.90. The van der Waals surface area contributed by atoms with Crippen molar-refractivity contribution < 1.29 is 0 Å². The molecule has 5 rings (SSSR count). The number of fused-ring (bicyclic) bond motifs is 2. The highest BCUT2D eigenvalue weighted by atomic mass is 15.2. The summed E-state index contributed by atoms with van der Waals surface area (Å²) in [4.78, 5) is 11.8. The van der Waals surface area contributed by atoms with Gasteiger partial charge in [0.15, 0.2) is 0 Å². The maximum atomic E-state index is 4.79. The van der Waals surface area contributed by atoms with E-state index in [4.69, 9.17) is 4.98 Å². The Morgan fingerprint density at radius 3 is 2.92 bits per heavy atom. The number of rotatable bonds is 4. The highest BCUT2D eigenvalue weighted by Crippen LogP contribution is 2.30. The zero-order valence-electron chi connectivity index (χ0n) is 14.4. The summed E-state index contributed by atoms with van der Waals surface area (Å²) in [5, 5.41) is 8.17. The van der Waals surface area contributed by atoms with Gasteiger partial charge in [0, 0.05) is 55.1 Å². The molecule has 1 N–H and O–H groups in total. The molecule has 0 fully saturated rings. The molecule has 0 atom stereocenters. The zero-order chi connectivity index (χ0) is 17.3. The van der Waals surface area contributed by atoms with Gasteiger partial charge in [-0.15, -0.1) is 0 Å². The summed E-state index contributed by atoms with van der Waals surface area (Å²) in [5.74, 6) is 0. The third-order valence-corrected chi connectivity index (χ3v) is 5.05. The quantitative estimate of drug-likeness (QED) is 0.616. The fraction of sp³-hybridized carbons (Fsp3) is 0.190. The molecule has 0 aliphatic carbocycles. The molecule has 4 aromatic rings. The normalized spacial score (nSPS) is 14.0. The summed E-state index contributed by atoms with van der Waals surface area (Å²) in [6, 6.07) is 14.7. The Balaban J connectivity index is 1.32. The van der Waals surface area contributed by atoms with Crippen molar-refractivity contribution >= 4 is 10.9 Å². The molecular weight excluding hydrogens is 322 g/mol. The number of aromatic amines is 1. The number of hydrogen-bond acceptors (Lipinski definition) is 4. The van der Waals surface area contributed by atoms with Crippen LogP contribution < -0.4 is 0 Å². The number of para-hydroxylation sites is 1. The molecule has 1 aromatic carbocycles. The molecule has 3 aromatic heterocycles. The number of H-pyrrole nitrogens is 1. The molecule has 0 amide bonds. The minimum Gasteiger partial charge on any atom is -0.293 e. The molecule has 4 heterocycles. The lowest BCUT2D eigenvalue weighted by molar-refractivity contribution is 0.286. The van der Waals surface area contributed by atoms with Gasteiger partial charge < -0.3 is 0 Å². The summed E-state index contributed by atoms with van der Waals surface area (Å²) in [6.45, 7) is 2.80. The highest BCUT2D eigenvalue weighted by Gasteiger charge is 2.23. The minimum absolute atomic E-state index is 0.897.